The normalized spacial score (nSPS) is 14.4. The van der Waals surface area contributed by atoms with Crippen molar-refractivity contribution >= 4 is 63.8 Å². The quantitative estimate of drug-likeness (QED) is 0.223. The zero-order chi connectivity index (χ0) is 20.5. The van der Waals surface area contributed by atoms with Gasteiger partial charge in [0.2, 0.25) is 5.13 Å². The summed E-state index contributed by atoms with van der Waals surface area (Å²) in [5.41, 5.74) is 0. The number of guanidine groups is 1. The molecule has 0 bridgehead atoms. The molecule has 2 aromatic rings. The van der Waals surface area contributed by atoms with E-state index in [9.17, 15) is 4.79 Å². The van der Waals surface area contributed by atoms with Crippen molar-refractivity contribution < 1.29 is 4.79 Å². The maximum absolute atomic E-state index is 12.0. The van der Waals surface area contributed by atoms with E-state index in [4.69, 9.17) is 4.99 Å². The number of aromatic nitrogens is 2. The van der Waals surface area contributed by atoms with Crippen molar-refractivity contribution in [1.82, 2.24) is 24.9 Å². The molecule has 0 saturated carbocycles. The van der Waals surface area contributed by atoms with Gasteiger partial charge in [0.05, 0.1) is 4.88 Å². The number of amides is 1. The fourth-order valence-corrected chi connectivity index (χ4v) is 4.45. The van der Waals surface area contributed by atoms with Crippen LogP contribution in [0.1, 0.15) is 35.8 Å². The Morgan fingerprint density at radius 2 is 2.03 bits per heavy atom. The van der Waals surface area contributed by atoms with E-state index in [0.717, 1.165) is 67.4 Å². The predicted octanol–water partition coefficient (Wildman–Crippen LogP) is 2.69. The van der Waals surface area contributed by atoms with Crippen molar-refractivity contribution in [3.05, 3.63) is 28.2 Å². The van der Waals surface area contributed by atoms with E-state index in [-0.39, 0.29) is 29.9 Å². The van der Waals surface area contributed by atoms with Crippen molar-refractivity contribution in [2.45, 2.75) is 26.7 Å². The van der Waals surface area contributed by atoms with Gasteiger partial charge in [0.25, 0.3) is 5.91 Å². The number of thiophene rings is 1. The lowest BCUT2D eigenvalue weighted by atomic mass is 10.3. The molecule has 3 heterocycles. The Morgan fingerprint density at radius 1 is 1.23 bits per heavy atom. The molecule has 2 aromatic heterocycles. The summed E-state index contributed by atoms with van der Waals surface area (Å²) in [5, 5.41) is 9.27. The second-order valence-corrected chi connectivity index (χ2v) is 8.32. The van der Waals surface area contributed by atoms with Crippen LogP contribution in [-0.4, -0.2) is 71.9 Å². The molecule has 3 rings (SSSR count). The topological polar surface area (TPSA) is 85.8 Å². The van der Waals surface area contributed by atoms with Crippen LogP contribution in [0.4, 0.5) is 5.13 Å². The Balaban J connectivity index is 0.00000320. The fraction of sp³-hybridized carbons (Fsp3) is 0.579. The molecular weight excluding hydrogens is 533 g/mol. The summed E-state index contributed by atoms with van der Waals surface area (Å²) in [6.07, 6.45) is 1.69. The lowest BCUT2D eigenvalue weighted by molar-refractivity contribution is 0.0957. The Bertz CT molecular complexity index is 789. The molecule has 0 atom stereocenters. The number of aliphatic imine (C=N–C) groups is 1. The first-order valence-corrected chi connectivity index (χ1v) is 11.8. The van der Waals surface area contributed by atoms with Crippen LogP contribution in [0.2, 0.25) is 0 Å². The van der Waals surface area contributed by atoms with Gasteiger partial charge in [0.15, 0.2) is 5.96 Å². The predicted molar refractivity (Wildman–Crippen MR) is 136 cm³/mol. The van der Waals surface area contributed by atoms with Crippen LogP contribution in [0.3, 0.4) is 0 Å². The first-order chi connectivity index (χ1) is 14.2. The molecule has 8 nitrogen and oxygen atoms in total. The van der Waals surface area contributed by atoms with Crippen molar-refractivity contribution in [1.29, 1.82) is 0 Å². The molecular formula is C19H30IN7OS2. The molecule has 0 spiro atoms. The SMILES string of the molecule is CCNC(=NCCCNC(=O)c1cccs1)N1CCN(c2nc(CC)ns2)CC1.I. The van der Waals surface area contributed by atoms with E-state index in [0.29, 0.717) is 13.1 Å². The molecule has 1 saturated heterocycles. The Hall–Kier alpha value is -1.47. The molecule has 1 aliphatic rings. The van der Waals surface area contributed by atoms with Gasteiger partial charge < -0.3 is 20.4 Å². The summed E-state index contributed by atoms with van der Waals surface area (Å²) in [7, 11) is 0. The highest BCUT2D eigenvalue weighted by atomic mass is 127. The van der Waals surface area contributed by atoms with E-state index in [2.05, 4.69) is 43.6 Å². The summed E-state index contributed by atoms with van der Waals surface area (Å²) >= 11 is 2.95. The lowest BCUT2D eigenvalue weighted by Crippen LogP contribution is -2.52. The lowest BCUT2D eigenvalue weighted by Gasteiger charge is -2.36. The van der Waals surface area contributed by atoms with Crippen LogP contribution in [0, 0.1) is 0 Å². The minimum Gasteiger partial charge on any atom is -0.357 e. The van der Waals surface area contributed by atoms with Gasteiger partial charge in [-0.3, -0.25) is 9.79 Å². The third-order valence-corrected chi connectivity index (χ3v) is 6.27. The van der Waals surface area contributed by atoms with Gasteiger partial charge in [-0.1, -0.05) is 13.0 Å². The highest BCUT2D eigenvalue weighted by Crippen LogP contribution is 2.19. The van der Waals surface area contributed by atoms with Crippen molar-refractivity contribution in [2.75, 3.05) is 50.7 Å². The van der Waals surface area contributed by atoms with E-state index in [1.165, 1.54) is 22.9 Å². The van der Waals surface area contributed by atoms with Crippen LogP contribution < -0.4 is 15.5 Å². The van der Waals surface area contributed by atoms with E-state index in [1.807, 2.05) is 17.5 Å². The van der Waals surface area contributed by atoms with Gasteiger partial charge >= 0.3 is 0 Å². The number of hydrogen-bond acceptors (Lipinski definition) is 7. The third kappa shape index (κ3) is 7.05. The number of aryl methyl sites for hydroxylation is 1. The highest BCUT2D eigenvalue weighted by Gasteiger charge is 2.21. The molecule has 11 heteroatoms. The molecule has 2 N–H and O–H groups in total. The van der Waals surface area contributed by atoms with Gasteiger partial charge in [0, 0.05) is 63.8 Å². The molecule has 0 aliphatic carbocycles. The molecule has 0 radical (unpaired) electrons. The Labute approximate surface area is 203 Å². The minimum absolute atomic E-state index is 0. The smallest absolute Gasteiger partial charge is 0.261 e. The number of rotatable bonds is 8. The van der Waals surface area contributed by atoms with Gasteiger partial charge in [-0.15, -0.1) is 35.3 Å². The van der Waals surface area contributed by atoms with E-state index < -0.39 is 0 Å². The maximum atomic E-state index is 12.0. The maximum Gasteiger partial charge on any atom is 0.261 e. The van der Waals surface area contributed by atoms with Crippen LogP contribution in [0.5, 0.6) is 0 Å². The van der Waals surface area contributed by atoms with Crippen molar-refractivity contribution in [2.24, 2.45) is 4.99 Å². The first kappa shape index (κ1) is 24.8. The first-order valence-electron chi connectivity index (χ1n) is 10.1. The fourth-order valence-electron chi connectivity index (χ4n) is 3.01. The Morgan fingerprint density at radius 3 is 2.67 bits per heavy atom. The summed E-state index contributed by atoms with van der Waals surface area (Å²) in [5.74, 6) is 1.87. The molecule has 1 fully saturated rings. The molecule has 30 heavy (non-hydrogen) atoms. The summed E-state index contributed by atoms with van der Waals surface area (Å²) < 4.78 is 4.39. The number of nitrogens with one attached hydrogen (secondary N) is 2. The standard InChI is InChI=1S/C19H29N7OS2.HI/c1-3-16-23-19(29-24-16)26-12-10-25(11-13-26)18(20-4-2)22-9-6-8-21-17(27)15-7-5-14-28-15;/h5,7,14H,3-4,6,8-13H2,1-2H3,(H,20,22)(H,21,27);1H. The van der Waals surface area contributed by atoms with Crippen LogP contribution in [0.15, 0.2) is 22.5 Å². The number of nitrogens with zero attached hydrogens (tertiary/aromatic N) is 5. The summed E-state index contributed by atoms with van der Waals surface area (Å²) in [6.45, 7) is 9.96. The number of halogens is 1. The van der Waals surface area contributed by atoms with Crippen LogP contribution in [-0.2, 0) is 6.42 Å². The van der Waals surface area contributed by atoms with Gasteiger partial charge in [0.1, 0.15) is 5.82 Å². The summed E-state index contributed by atoms with van der Waals surface area (Å²) in [4.78, 5) is 26.6. The highest BCUT2D eigenvalue weighted by molar-refractivity contribution is 14.0. The number of hydrogen-bond donors (Lipinski definition) is 2. The number of carbonyl (C=O) groups is 1. The zero-order valence-electron chi connectivity index (χ0n) is 17.5. The molecule has 0 unspecified atom stereocenters. The average Bonchev–Trinajstić information content (AvgIpc) is 3.45. The summed E-state index contributed by atoms with van der Waals surface area (Å²) in [6, 6.07) is 3.73. The van der Waals surface area contributed by atoms with Gasteiger partial charge in [-0.25, -0.2) is 4.98 Å². The van der Waals surface area contributed by atoms with Crippen molar-refractivity contribution in [3.63, 3.8) is 0 Å². The van der Waals surface area contributed by atoms with Crippen LogP contribution in [0.25, 0.3) is 0 Å². The number of carbonyl (C=O) groups excluding carboxylic acids is 1. The van der Waals surface area contributed by atoms with Crippen molar-refractivity contribution in [3.8, 4) is 0 Å². The second-order valence-electron chi connectivity index (χ2n) is 6.64. The van der Waals surface area contributed by atoms with Gasteiger partial charge in [-0.2, -0.15) is 4.37 Å². The molecule has 0 aromatic carbocycles. The Kier molecular flexibility index (Phi) is 10.8. The molecule has 166 valence electrons. The second kappa shape index (κ2) is 13.1. The largest absolute Gasteiger partial charge is 0.357 e. The van der Waals surface area contributed by atoms with E-state index >= 15 is 0 Å². The number of piperazine rings is 1. The zero-order valence-corrected chi connectivity index (χ0v) is 21.4. The number of anilines is 1. The van der Waals surface area contributed by atoms with Crippen LogP contribution >= 0.6 is 46.8 Å². The molecule has 1 amide bonds. The minimum atomic E-state index is -0.00471. The molecule has 1 aliphatic heterocycles. The average molecular weight is 564 g/mol. The van der Waals surface area contributed by atoms with E-state index in [1.54, 1.807) is 0 Å². The third-order valence-electron chi connectivity index (χ3n) is 4.59. The van der Waals surface area contributed by atoms with Gasteiger partial charge in [-0.05, 0) is 24.8 Å². The monoisotopic (exact) mass is 563 g/mol.